The van der Waals surface area contributed by atoms with Gasteiger partial charge in [-0.1, -0.05) is 43.0 Å². The molecule has 3 rings (SSSR count). The lowest BCUT2D eigenvalue weighted by Crippen LogP contribution is -2.16. The van der Waals surface area contributed by atoms with Crippen LogP contribution < -0.4 is 0 Å². The molecular weight excluding hydrogens is 272 g/mol. The van der Waals surface area contributed by atoms with Crippen LogP contribution in [-0.2, 0) is 11.3 Å². The minimum atomic E-state index is 0.401. The third-order valence-corrected chi connectivity index (χ3v) is 4.11. The van der Waals surface area contributed by atoms with Gasteiger partial charge in [0.15, 0.2) is 0 Å². The van der Waals surface area contributed by atoms with Crippen molar-refractivity contribution in [3.05, 3.63) is 41.3 Å². The zero-order valence-electron chi connectivity index (χ0n) is 11.4. The predicted molar refractivity (Wildman–Crippen MR) is 80.7 cm³/mol. The molecule has 1 fully saturated rings. The van der Waals surface area contributed by atoms with Crippen LogP contribution in [0.5, 0.6) is 0 Å². The van der Waals surface area contributed by atoms with Crippen molar-refractivity contribution in [3.8, 4) is 11.3 Å². The number of aromatic nitrogens is 2. The summed E-state index contributed by atoms with van der Waals surface area (Å²) in [4.78, 5) is 7.58. The van der Waals surface area contributed by atoms with Gasteiger partial charge >= 0.3 is 0 Å². The standard InChI is InChI=1S/C16H19ClN2O/c17-13-8-6-12(7-9-13)16-15(18-11-19-16)10-20-14-4-2-1-3-5-14/h6-9,11,14H,1-5,10H2,(H,18,19). The molecule has 4 heteroatoms. The summed E-state index contributed by atoms with van der Waals surface area (Å²) in [7, 11) is 0. The van der Waals surface area contributed by atoms with Gasteiger partial charge in [-0.15, -0.1) is 0 Å². The van der Waals surface area contributed by atoms with Crippen molar-refractivity contribution in [1.82, 2.24) is 9.97 Å². The van der Waals surface area contributed by atoms with E-state index in [0.29, 0.717) is 12.7 Å². The molecule has 0 spiro atoms. The van der Waals surface area contributed by atoms with E-state index < -0.39 is 0 Å². The van der Waals surface area contributed by atoms with Gasteiger partial charge in [0.25, 0.3) is 0 Å². The van der Waals surface area contributed by atoms with Gasteiger partial charge in [-0.2, -0.15) is 0 Å². The lowest BCUT2D eigenvalue weighted by Gasteiger charge is -2.21. The molecule has 20 heavy (non-hydrogen) atoms. The highest BCUT2D eigenvalue weighted by atomic mass is 35.5. The number of ether oxygens (including phenoxy) is 1. The molecule has 1 aliphatic carbocycles. The Kier molecular flexibility index (Phi) is 4.38. The molecule has 1 N–H and O–H groups in total. The van der Waals surface area contributed by atoms with E-state index in [1.807, 2.05) is 24.3 Å². The largest absolute Gasteiger partial charge is 0.372 e. The summed E-state index contributed by atoms with van der Waals surface area (Å²) in [6.45, 7) is 0.576. The lowest BCUT2D eigenvalue weighted by atomic mass is 9.98. The normalized spacial score (nSPS) is 16.4. The fourth-order valence-corrected chi connectivity index (χ4v) is 2.85. The highest BCUT2D eigenvalue weighted by Gasteiger charge is 2.15. The molecule has 0 amide bonds. The molecule has 1 heterocycles. The third-order valence-electron chi connectivity index (χ3n) is 3.86. The van der Waals surface area contributed by atoms with Gasteiger partial charge < -0.3 is 9.72 Å². The second kappa shape index (κ2) is 6.42. The van der Waals surface area contributed by atoms with Crippen LogP contribution in [0.25, 0.3) is 11.3 Å². The van der Waals surface area contributed by atoms with E-state index in [9.17, 15) is 0 Å². The van der Waals surface area contributed by atoms with E-state index in [2.05, 4.69) is 9.97 Å². The topological polar surface area (TPSA) is 37.9 Å². The van der Waals surface area contributed by atoms with Crippen molar-refractivity contribution in [1.29, 1.82) is 0 Å². The van der Waals surface area contributed by atoms with Crippen molar-refractivity contribution in [2.24, 2.45) is 0 Å². The highest BCUT2D eigenvalue weighted by Crippen LogP contribution is 2.25. The molecule has 0 aliphatic heterocycles. The average molecular weight is 291 g/mol. The fraction of sp³-hybridized carbons (Fsp3) is 0.438. The van der Waals surface area contributed by atoms with Gasteiger partial charge in [-0.25, -0.2) is 4.98 Å². The van der Waals surface area contributed by atoms with E-state index in [1.54, 1.807) is 6.33 Å². The van der Waals surface area contributed by atoms with Crippen LogP contribution in [-0.4, -0.2) is 16.1 Å². The molecule has 1 aliphatic rings. The number of nitrogens with zero attached hydrogens (tertiary/aromatic N) is 1. The Morgan fingerprint density at radius 1 is 1.15 bits per heavy atom. The Balaban J connectivity index is 1.68. The Morgan fingerprint density at radius 2 is 1.90 bits per heavy atom. The van der Waals surface area contributed by atoms with E-state index in [-0.39, 0.29) is 0 Å². The Hall–Kier alpha value is -1.32. The van der Waals surface area contributed by atoms with Gasteiger partial charge in [-0.3, -0.25) is 0 Å². The van der Waals surface area contributed by atoms with Gasteiger partial charge in [0.1, 0.15) is 0 Å². The van der Waals surface area contributed by atoms with E-state index in [0.717, 1.165) is 22.0 Å². The molecule has 1 aromatic carbocycles. The maximum Gasteiger partial charge on any atom is 0.0929 e. The minimum absolute atomic E-state index is 0.401. The van der Waals surface area contributed by atoms with Crippen molar-refractivity contribution < 1.29 is 4.74 Å². The monoisotopic (exact) mass is 290 g/mol. The maximum atomic E-state index is 6.00. The van der Waals surface area contributed by atoms with Gasteiger partial charge in [0.05, 0.1) is 30.4 Å². The maximum absolute atomic E-state index is 6.00. The number of nitrogens with one attached hydrogen (secondary N) is 1. The summed E-state index contributed by atoms with van der Waals surface area (Å²) in [6, 6.07) is 7.78. The molecule has 0 unspecified atom stereocenters. The molecule has 0 bridgehead atoms. The smallest absolute Gasteiger partial charge is 0.0929 e. The van der Waals surface area contributed by atoms with E-state index >= 15 is 0 Å². The first kappa shape index (κ1) is 13.7. The summed E-state index contributed by atoms with van der Waals surface area (Å²) in [5, 5.41) is 0.744. The Labute approximate surface area is 124 Å². The number of aromatic amines is 1. The van der Waals surface area contributed by atoms with Crippen molar-refractivity contribution in [3.63, 3.8) is 0 Å². The quantitative estimate of drug-likeness (QED) is 0.895. The number of rotatable bonds is 4. The zero-order valence-corrected chi connectivity index (χ0v) is 12.2. The first-order valence-electron chi connectivity index (χ1n) is 7.23. The molecule has 1 saturated carbocycles. The second-order valence-corrected chi connectivity index (χ2v) is 5.74. The summed E-state index contributed by atoms with van der Waals surface area (Å²) in [5.41, 5.74) is 3.09. The second-order valence-electron chi connectivity index (χ2n) is 5.30. The molecule has 3 nitrogen and oxygen atoms in total. The van der Waals surface area contributed by atoms with Crippen molar-refractivity contribution in [2.75, 3.05) is 0 Å². The average Bonchev–Trinajstić information content (AvgIpc) is 2.95. The van der Waals surface area contributed by atoms with E-state index in [1.165, 1.54) is 32.1 Å². The van der Waals surface area contributed by atoms with E-state index in [4.69, 9.17) is 16.3 Å². The summed E-state index contributed by atoms with van der Waals surface area (Å²) >= 11 is 5.93. The highest BCUT2D eigenvalue weighted by molar-refractivity contribution is 6.30. The molecule has 0 saturated heterocycles. The number of benzene rings is 1. The van der Waals surface area contributed by atoms with Crippen molar-refractivity contribution in [2.45, 2.75) is 44.8 Å². The minimum Gasteiger partial charge on any atom is -0.372 e. The van der Waals surface area contributed by atoms with Crippen LogP contribution in [0.4, 0.5) is 0 Å². The summed E-state index contributed by atoms with van der Waals surface area (Å²) < 4.78 is 6.00. The Bertz CT molecular complexity index is 544. The third kappa shape index (κ3) is 3.22. The first-order valence-corrected chi connectivity index (χ1v) is 7.60. The Morgan fingerprint density at radius 3 is 2.65 bits per heavy atom. The first-order chi connectivity index (χ1) is 9.83. The zero-order chi connectivity index (χ0) is 13.8. The number of hydrogen-bond donors (Lipinski definition) is 1. The lowest BCUT2D eigenvalue weighted by molar-refractivity contribution is 0.0156. The molecule has 106 valence electrons. The number of H-pyrrole nitrogens is 1. The fourth-order valence-electron chi connectivity index (χ4n) is 2.73. The summed E-state index contributed by atoms with van der Waals surface area (Å²) in [6.07, 6.45) is 8.41. The molecular formula is C16H19ClN2O. The van der Waals surface area contributed by atoms with Crippen LogP contribution in [0, 0.1) is 0 Å². The van der Waals surface area contributed by atoms with Crippen LogP contribution in [0.1, 0.15) is 37.8 Å². The summed E-state index contributed by atoms with van der Waals surface area (Å²) in [5.74, 6) is 0. The molecule has 2 aromatic rings. The van der Waals surface area contributed by atoms with Gasteiger partial charge in [-0.05, 0) is 25.0 Å². The van der Waals surface area contributed by atoms with Gasteiger partial charge in [0.2, 0.25) is 0 Å². The van der Waals surface area contributed by atoms with Gasteiger partial charge in [0, 0.05) is 10.6 Å². The number of imidazole rings is 1. The number of hydrogen-bond acceptors (Lipinski definition) is 2. The molecule has 0 radical (unpaired) electrons. The predicted octanol–water partition coefficient (Wildman–Crippen LogP) is 4.58. The molecule has 1 aromatic heterocycles. The number of halogens is 1. The van der Waals surface area contributed by atoms with Crippen LogP contribution in [0.2, 0.25) is 5.02 Å². The van der Waals surface area contributed by atoms with Crippen molar-refractivity contribution >= 4 is 11.6 Å². The van der Waals surface area contributed by atoms with Crippen LogP contribution in [0.3, 0.4) is 0 Å². The van der Waals surface area contributed by atoms with Crippen LogP contribution >= 0.6 is 11.6 Å². The SMILES string of the molecule is Clc1ccc(-c2[nH]cnc2COC2CCCCC2)cc1. The molecule has 0 atom stereocenters. The van der Waals surface area contributed by atoms with Crippen LogP contribution in [0.15, 0.2) is 30.6 Å².